The lowest BCUT2D eigenvalue weighted by Crippen LogP contribution is -2.33. The van der Waals surface area contributed by atoms with Crippen molar-refractivity contribution in [2.75, 3.05) is 13.1 Å². The van der Waals surface area contributed by atoms with Crippen LogP contribution in [0.25, 0.3) is 22.3 Å². The molecule has 3 aromatic heterocycles. The second-order valence-electron chi connectivity index (χ2n) is 7.33. The molecule has 0 fully saturated rings. The number of aliphatic carboxylic acids is 1. The summed E-state index contributed by atoms with van der Waals surface area (Å²) in [5, 5.41) is 14.1. The molecule has 0 atom stereocenters. The Bertz CT molecular complexity index is 1060. The Morgan fingerprint density at radius 2 is 2.00 bits per heavy atom. The molecule has 1 amide bonds. The summed E-state index contributed by atoms with van der Waals surface area (Å²) in [6, 6.07) is 3.72. The van der Waals surface area contributed by atoms with Gasteiger partial charge in [0.1, 0.15) is 11.5 Å². The molecule has 8 nitrogen and oxygen atoms in total. The van der Waals surface area contributed by atoms with E-state index < -0.39 is 5.97 Å². The van der Waals surface area contributed by atoms with E-state index in [9.17, 15) is 9.59 Å². The number of rotatable bonds is 7. The van der Waals surface area contributed by atoms with E-state index in [4.69, 9.17) is 14.5 Å². The Morgan fingerprint density at radius 3 is 2.55 bits per heavy atom. The van der Waals surface area contributed by atoms with Crippen LogP contribution in [0.1, 0.15) is 55.1 Å². The van der Waals surface area contributed by atoms with Gasteiger partial charge in [-0.05, 0) is 46.8 Å². The van der Waals surface area contributed by atoms with Crippen LogP contribution in [0.2, 0.25) is 0 Å². The van der Waals surface area contributed by atoms with Crippen LogP contribution in [0.4, 0.5) is 0 Å². The van der Waals surface area contributed by atoms with Gasteiger partial charge in [-0.25, -0.2) is 9.67 Å². The van der Waals surface area contributed by atoms with E-state index in [1.165, 1.54) is 4.90 Å². The normalized spacial score (nSPS) is 11.4. The molecule has 29 heavy (non-hydrogen) atoms. The number of carboxylic acid groups (broad SMARTS) is 1. The predicted molar refractivity (Wildman–Crippen MR) is 109 cm³/mol. The largest absolute Gasteiger partial charge is 0.481 e. The predicted octanol–water partition coefficient (Wildman–Crippen LogP) is 3.83. The number of amides is 1. The topological polar surface area (TPSA) is 101 Å². The molecule has 0 unspecified atom stereocenters. The summed E-state index contributed by atoms with van der Waals surface area (Å²) in [5.41, 5.74) is 2.53. The van der Waals surface area contributed by atoms with Crippen LogP contribution >= 0.6 is 0 Å². The van der Waals surface area contributed by atoms with Crippen LogP contribution in [0.3, 0.4) is 0 Å². The zero-order chi connectivity index (χ0) is 21.3. The third kappa shape index (κ3) is 4.01. The maximum Gasteiger partial charge on any atom is 0.305 e. The first-order valence-electron chi connectivity index (χ1n) is 9.69. The van der Waals surface area contributed by atoms with Crippen molar-refractivity contribution in [1.29, 1.82) is 0 Å². The Labute approximate surface area is 169 Å². The number of aromatic nitrogens is 3. The lowest BCUT2D eigenvalue weighted by atomic mass is 10.1. The van der Waals surface area contributed by atoms with Crippen molar-refractivity contribution >= 4 is 22.9 Å². The molecule has 154 valence electrons. The van der Waals surface area contributed by atoms with Gasteiger partial charge in [-0.1, -0.05) is 0 Å². The molecule has 0 saturated heterocycles. The quantitative estimate of drug-likeness (QED) is 0.649. The van der Waals surface area contributed by atoms with E-state index >= 15 is 0 Å². The minimum Gasteiger partial charge on any atom is -0.481 e. The van der Waals surface area contributed by atoms with Crippen molar-refractivity contribution in [1.82, 2.24) is 19.7 Å². The van der Waals surface area contributed by atoms with Crippen molar-refractivity contribution in [2.45, 2.75) is 47.1 Å². The summed E-state index contributed by atoms with van der Waals surface area (Å²) >= 11 is 0. The summed E-state index contributed by atoms with van der Waals surface area (Å²) in [6.07, 6.45) is 1.55. The minimum absolute atomic E-state index is 0.0691. The van der Waals surface area contributed by atoms with Crippen LogP contribution in [0, 0.1) is 13.8 Å². The van der Waals surface area contributed by atoms with Gasteiger partial charge in [0.2, 0.25) is 0 Å². The van der Waals surface area contributed by atoms with E-state index in [2.05, 4.69) is 5.10 Å². The molecular formula is C21H26N4O4. The van der Waals surface area contributed by atoms with Gasteiger partial charge >= 0.3 is 5.97 Å². The second kappa shape index (κ2) is 8.06. The molecule has 3 heterocycles. The van der Waals surface area contributed by atoms with Gasteiger partial charge < -0.3 is 14.4 Å². The summed E-state index contributed by atoms with van der Waals surface area (Å²) in [4.78, 5) is 30.6. The number of carbonyl (C=O) groups excluding carboxylic acids is 1. The average Bonchev–Trinajstić information content (AvgIpc) is 3.23. The van der Waals surface area contributed by atoms with Crippen LogP contribution in [-0.4, -0.2) is 49.7 Å². The number of nitrogens with zero attached hydrogens (tertiary/aromatic N) is 4. The first-order valence-corrected chi connectivity index (χ1v) is 9.69. The Kier molecular flexibility index (Phi) is 5.72. The smallest absolute Gasteiger partial charge is 0.305 e. The number of hydrogen-bond acceptors (Lipinski definition) is 5. The van der Waals surface area contributed by atoms with Gasteiger partial charge in [-0.3, -0.25) is 9.59 Å². The molecular weight excluding hydrogens is 372 g/mol. The zero-order valence-electron chi connectivity index (χ0n) is 17.4. The first-order chi connectivity index (χ1) is 13.7. The molecule has 0 aromatic carbocycles. The van der Waals surface area contributed by atoms with Crippen molar-refractivity contribution in [2.24, 2.45) is 0 Å². The van der Waals surface area contributed by atoms with Crippen LogP contribution in [-0.2, 0) is 4.79 Å². The van der Waals surface area contributed by atoms with Crippen molar-refractivity contribution < 1.29 is 19.1 Å². The highest BCUT2D eigenvalue weighted by Gasteiger charge is 2.23. The molecule has 0 spiro atoms. The molecule has 8 heteroatoms. The molecule has 0 aliphatic heterocycles. The van der Waals surface area contributed by atoms with Gasteiger partial charge in [0.05, 0.1) is 29.3 Å². The fraction of sp³-hybridized carbons (Fsp3) is 0.429. The van der Waals surface area contributed by atoms with Crippen molar-refractivity contribution in [3.63, 3.8) is 0 Å². The number of aryl methyl sites for hydroxylation is 2. The van der Waals surface area contributed by atoms with Crippen molar-refractivity contribution in [3.05, 3.63) is 35.4 Å². The molecule has 1 N–H and O–H groups in total. The molecule has 0 radical (unpaired) electrons. The Hall–Kier alpha value is -3.16. The van der Waals surface area contributed by atoms with Crippen LogP contribution in [0.5, 0.6) is 0 Å². The number of hydrogen-bond donors (Lipinski definition) is 1. The summed E-state index contributed by atoms with van der Waals surface area (Å²) in [6.45, 7) is 10.1. The molecule has 0 aliphatic rings. The third-order valence-electron chi connectivity index (χ3n) is 4.87. The highest BCUT2D eigenvalue weighted by Crippen LogP contribution is 2.30. The second-order valence-corrected chi connectivity index (χ2v) is 7.33. The van der Waals surface area contributed by atoms with E-state index in [0.29, 0.717) is 28.8 Å². The molecule has 3 rings (SSSR count). The molecule has 0 aliphatic carbocycles. The Balaban J connectivity index is 2.18. The van der Waals surface area contributed by atoms with E-state index in [1.54, 1.807) is 16.9 Å². The number of pyridine rings is 1. The number of carboxylic acids is 1. The number of carbonyl (C=O) groups is 2. The lowest BCUT2D eigenvalue weighted by Gasteiger charge is -2.21. The minimum atomic E-state index is -0.936. The number of fused-ring (bicyclic) bond motifs is 1. The summed E-state index contributed by atoms with van der Waals surface area (Å²) < 4.78 is 7.43. The van der Waals surface area contributed by atoms with Crippen LogP contribution in [0.15, 0.2) is 22.7 Å². The van der Waals surface area contributed by atoms with E-state index in [-0.39, 0.29) is 24.9 Å². The molecule has 0 saturated carbocycles. The van der Waals surface area contributed by atoms with Gasteiger partial charge in [0.15, 0.2) is 5.65 Å². The lowest BCUT2D eigenvalue weighted by molar-refractivity contribution is -0.137. The number of furan rings is 1. The van der Waals surface area contributed by atoms with Gasteiger partial charge in [-0.15, -0.1) is 0 Å². The summed E-state index contributed by atoms with van der Waals surface area (Å²) in [7, 11) is 0. The molecule has 3 aromatic rings. The van der Waals surface area contributed by atoms with Gasteiger partial charge in [0.25, 0.3) is 5.91 Å². The average molecular weight is 398 g/mol. The maximum absolute atomic E-state index is 13.3. The highest BCUT2D eigenvalue weighted by molar-refractivity contribution is 6.06. The fourth-order valence-corrected chi connectivity index (χ4v) is 3.40. The van der Waals surface area contributed by atoms with E-state index in [1.807, 2.05) is 40.7 Å². The SMILES string of the molecule is CCN(CCC(=O)O)C(=O)c1cc(-c2cc(C)oc2C)nc2c1cnn2C(C)C. The fourth-order valence-electron chi connectivity index (χ4n) is 3.40. The summed E-state index contributed by atoms with van der Waals surface area (Å²) in [5.74, 6) is 0.320. The maximum atomic E-state index is 13.3. The monoisotopic (exact) mass is 398 g/mol. The van der Waals surface area contributed by atoms with Gasteiger partial charge in [-0.2, -0.15) is 5.10 Å². The third-order valence-corrected chi connectivity index (χ3v) is 4.87. The van der Waals surface area contributed by atoms with Crippen molar-refractivity contribution in [3.8, 4) is 11.3 Å². The molecule has 0 bridgehead atoms. The highest BCUT2D eigenvalue weighted by atomic mass is 16.4. The van der Waals surface area contributed by atoms with Crippen LogP contribution < -0.4 is 0 Å². The first kappa shape index (κ1) is 20.6. The van der Waals surface area contributed by atoms with Gasteiger partial charge in [0, 0.05) is 24.7 Å². The van der Waals surface area contributed by atoms with E-state index in [0.717, 1.165) is 17.1 Å². The zero-order valence-corrected chi connectivity index (χ0v) is 17.4. The Morgan fingerprint density at radius 1 is 1.28 bits per heavy atom. The standard InChI is InChI=1S/C21H26N4O4/c1-6-24(8-7-19(26)27)21(28)16-10-18(15-9-13(4)29-14(15)5)23-20-17(16)11-22-25(20)12(2)3/h9-12H,6-8H2,1-5H3,(H,26,27).